The molecule has 0 heterocycles. The molecular formula is C10H23NOS. The predicted molar refractivity (Wildman–Crippen MR) is 61.6 cm³/mol. The van der Waals surface area contributed by atoms with E-state index in [1.165, 1.54) is 12.2 Å². The van der Waals surface area contributed by atoms with Gasteiger partial charge in [-0.15, -0.1) is 0 Å². The van der Waals surface area contributed by atoms with E-state index in [4.69, 9.17) is 4.74 Å². The van der Waals surface area contributed by atoms with Gasteiger partial charge in [-0.25, -0.2) is 0 Å². The lowest BCUT2D eigenvalue weighted by atomic mass is 10.2. The minimum absolute atomic E-state index is 0.349. The summed E-state index contributed by atoms with van der Waals surface area (Å²) in [5.41, 5.74) is 0. The van der Waals surface area contributed by atoms with E-state index in [-0.39, 0.29) is 0 Å². The molecule has 0 fully saturated rings. The van der Waals surface area contributed by atoms with Gasteiger partial charge in [0.05, 0.1) is 12.7 Å². The SMILES string of the molecule is CCC(CSC)NCCOC(C)C. The monoisotopic (exact) mass is 205 g/mol. The minimum Gasteiger partial charge on any atom is -0.377 e. The summed E-state index contributed by atoms with van der Waals surface area (Å²) in [6.45, 7) is 8.15. The second kappa shape index (κ2) is 8.85. The van der Waals surface area contributed by atoms with Gasteiger partial charge in [0.15, 0.2) is 0 Å². The summed E-state index contributed by atoms with van der Waals surface area (Å²) in [5, 5.41) is 3.48. The number of ether oxygens (including phenoxy) is 1. The number of rotatable bonds is 8. The molecular weight excluding hydrogens is 182 g/mol. The van der Waals surface area contributed by atoms with Crippen molar-refractivity contribution in [3.05, 3.63) is 0 Å². The molecule has 80 valence electrons. The van der Waals surface area contributed by atoms with E-state index in [9.17, 15) is 0 Å². The van der Waals surface area contributed by atoms with Gasteiger partial charge in [0.2, 0.25) is 0 Å². The standard InChI is InChI=1S/C10H23NOS/c1-5-10(8-13-4)11-6-7-12-9(2)3/h9-11H,5-8H2,1-4H3. The molecule has 0 aliphatic rings. The Kier molecular flexibility index (Phi) is 9.03. The fourth-order valence-corrected chi connectivity index (χ4v) is 1.84. The van der Waals surface area contributed by atoms with Gasteiger partial charge in [-0.2, -0.15) is 11.8 Å². The maximum Gasteiger partial charge on any atom is 0.0594 e. The highest BCUT2D eigenvalue weighted by molar-refractivity contribution is 7.98. The summed E-state index contributed by atoms with van der Waals surface area (Å²) in [5.74, 6) is 1.19. The quantitative estimate of drug-likeness (QED) is 0.614. The second-order valence-electron chi connectivity index (χ2n) is 3.43. The topological polar surface area (TPSA) is 21.3 Å². The average Bonchev–Trinajstić information content (AvgIpc) is 2.10. The van der Waals surface area contributed by atoms with Crippen LogP contribution in [0.2, 0.25) is 0 Å². The van der Waals surface area contributed by atoms with Crippen molar-refractivity contribution in [2.45, 2.75) is 39.3 Å². The first-order valence-electron chi connectivity index (χ1n) is 5.04. The van der Waals surface area contributed by atoms with Crippen molar-refractivity contribution in [1.82, 2.24) is 5.32 Å². The van der Waals surface area contributed by atoms with Gasteiger partial charge in [0, 0.05) is 18.3 Å². The van der Waals surface area contributed by atoms with E-state index in [1.807, 2.05) is 11.8 Å². The van der Waals surface area contributed by atoms with E-state index in [0.717, 1.165) is 13.2 Å². The van der Waals surface area contributed by atoms with Crippen molar-refractivity contribution in [1.29, 1.82) is 0 Å². The summed E-state index contributed by atoms with van der Waals surface area (Å²) in [7, 11) is 0. The number of hydrogen-bond donors (Lipinski definition) is 1. The van der Waals surface area contributed by atoms with Crippen LogP contribution in [0, 0.1) is 0 Å². The first-order valence-corrected chi connectivity index (χ1v) is 6.44. The van der Waals surface area contributed by atoms with E-state index < -0.39 is 0 Å². The molecule has 0 aromatic rings. The highest BCUT2D eigenvalue weighted by Crippen LogP contribution is 2.00. The third-order valence-corrected chi connectivity index (χ3v) is 2.58. The van der Waals surface area contributed by atoms with Crippen molar-refractivity contribution < 1.29 is 4.74 Å². The molecule has 0 spiro atoms. The molecule has 3 heteroatoms. The van der Waals surface area contributed by atoms with Gasteiger partial charge in [-0.1, -0.05) is 6.92 Å². The zero-order valence-corrected chi connectivity index (χ0v) is 10.1. The third-order valence-electron chi connectivity index (χ3n) is 1.85. The lowest BCUT2D eigenvalue weighted by Gasteiger charge is -2.16. The number of nitrogens with one attached hydrogen (secondary N) is 1. The summed E-state index contributed by atoms with van der Waals surface area (Å²) in [6.07, 6.45) is 3.69. The van der Waals surface area contributed by atoms with Crippen molar-refractivity contribution in [2.75, 3.05) is 25.2 Å². The summed E-state index contributed by atoms with van der Waals surface area (Å²) in [6, 6.07) is 0.644. The molecule has 0 radical (unpaired) electrons. The normalized spacial score (nSPS) is 13.6. The maximum absolute atomic E-state index is 5.45. The molecule has 0 amide bonds. The molecule has 0 aromatic heterocycles. The Hall–Kier alpha value is 0.270. The third kappa shape index (κ3) is 8.60. The molecule has 1 N–H and O–H groups in total. The molecule has 1 atom stereocenters. The zero-order valence-electron chi connectivity index (χ0n) is 9.30. The highest BCUT2D eigenvalue weighted by Gasteiger charge is 2.03. The minimum atomic E-state index is 0.349. The molecule has 1 unspecified atom stereocenters. The van der Waals surface area contributed by atoms with Crippen LogP contribution in [-0.4, -0.2) is 37.3 Å². The van der Waals surface area contributed by atoms with Crippen molar-refractivity contribution in [3.63, 3.8) is 0 Å². The van der Waals surface area contributed by atoms with Gasteiger partial charge >= 0.3 is 0 Å². The van der Waals surface area contributed by atoms with E-state index >= 15 is 0 Å². The smallest absolute Gasteiger partial charge is 0.0594 e. The lowest BCUT2D eigenvalue weighted by molar-refractivity contribution is 0.0796. The van der Waals surface area contributed by atoms with Gasteiger partial charge in [0.1, 0.15) is 0 Å². The summed E-state index contributed by atoms with van der Waals surface area (Å²) >= 11 is 1.90. The first kappa shape index (κ1) is 13.3. The van der Waals surface area contributed by atoms with Crippen LogP contribution < -0.4 is 5.32 Å². The Morgan fingerprint density at radius 3 is 2.54 bits per heavy atom. The lowest BCUT2D eigenvalue weighted by Crippen LogP contribution is -2.33. The first-order chi connectivity index (χ1) is 6.20. The average molecular weight is 205 g/mol. The van der Waals surface area contributed by atoms with Crippen LogP contribution >= 0.6 is 11.8 Å². The van der Waals surface area contributed by atoms with Crippen LogP contribution in [0.3, 0.4) is 0 Å². The van der Waals surface area contributed by atoms with Crippen LogP contribution in [0.4, 0.5) is 0 Å². The molecule has 13 heavy (non-hydrogen) atoms. The van der Waals surface area contributed by atoms with Crippen molar-refractivity contribution >= 4 is 11.8 Å². The predicted octanol–water partition coefficient (Wildman–Crippen LogP) is 2.14. The fourth-order valence-electron chi connectivity index (χ4n) is 1.08. The zero-order chi connectivity index (χ0) is 10.1. The molecule has 0 saturated carbocycles. The molecule has 0 aliphatic carbocycles. The number of hydrogen-bond acceptors (Lipinski definition) is 3. The van der Waals surface area contributed by atoms with Gasteiger partial charge in [0.25, 0.3) is 0 Å². The van der Waals surface area contributed by atoms with Crippen LogP contribution in [-0.2, 0) is 4.74 Å². The molecule has 0 rings (SSSR count). The maximum atomic E-state index is 5.45. The Morgan fingerprint density at radius 1 is 1.38 bits per heavy atom. The molecule has 0 bridgehead atoms. The Morgan fingerprint density at radius 2 is 2.08 bits per heavy atom. The van der Waals surface area contributed by atoms with Gasteiger partial charge < -0.3 is 10.1 Å². The molecule has 0 saturated heterocycles. The highest BCUT2D eigenvalue weighted by atomic mass is 32.2. The van der Waals surface area contributed by atoms with Crippen LogP contribution in [0.1, 0.15) is 27.2 Å². The van der Waals surface area contributed by atoms with Crippen LogP contribution in [0.15, 0.2) is 0 Å². The van der Waals surface area contributed by atoms with E-state index in [2.05, 4.69) is 32.3 Å². The Labute approximate surface area is 86.8 Å². The molecule has 0 aliphatic heterocycles. The Bertz CT molecular complexity index is 109. The fraction of sp³-hybridized carbons (Fsp3) is 1.00. The largest absolute Gasteiger partial charge is 0.377 e. The Balaban J connectivity index is 3.27. The van der Waals surface area contributed by atoms with Crippen molar-refractivity contribution in [3.8, 4) is 0 Å². The van der Waals surface area contributed by atoms with Gasteiger partial charge in [-0.05, 0) is 26.5 Å². The molecule has 0 aromatic carbocycles. The number of thioether (sulfide) groups is 1. The van der Waals surface area contributed by atoms with Crippen LogP contribution in [0.5, 0.6) is 0 Å². The summed E-state index contributed by atoms with van der Waals surface area (Å²) < 4.78 is 5.45. The summed E-state index contributed by atoms with van der Waals surface area (Å²) in [4.78, 5) is 0. The van der Waals surface area contributed by atoms with Crippen LogP contribution in [0.25, 0.3) is 0 Å². The van der Waals surface area contributed by atoms with E-state index in [1.54, 1.807) is 0 Å². The molecule has 2 nitrogen and oxygen atoms in total. The van der Waals surface area contributed by atoms with E-state index in [0.29, 0.717) is 12.1 Å². The van der Waals surface area contributed by atoms with Gasteiger partial charge in [-0.3, -0.25) is 0 Å². The van der Waals surface area contributed by atoms with Crippen molar-refractivity contribution in [2.24, 2.45) is 0 Å². The second-order valence-corrected chi connectivity index (χ2v) is 4.34.